The fourth-order valence-electron chi connectivity index (χ4n) is 1.50. The van der Waals surface area contributed by atoms with Crippen LogP contribution in [-0.4, -0.2) is 6.54 Å². The van der Waals surface area contributed by atoms with E-state index in [-0.39, 0.29) is 0 Å². The number of halogens is 1. The topological polar surface area (TPSA) is 4.36 Å². The Balaban J connectivity index is 1.89. The van der Waals surface area contributed by atoms with Crippen LogP contribution in [0.15, 0.2) is 54.6 Å². The molecule has 0 aliphatic heterocycles. The number of benzene rings is 2. The van der Waals surface area contributed by atoms with Gasteiger partial charge in [0.1, 0.15) is 5.56 Å². The van der Waals surface area contributed by atoms with Crippen molar-refractivity contribution >= 4 is 11.6 Å². The van der Waals surface area contributed by atoms with E-state index < -0.39 is 0 Å². The molecule has 2 heteroatoms. The number of rotatable bonds is 2. The summed E-state index contributed by atoms with van der Waals surface area (Å²) >= 11 is 5.79. The zero-order chi connectivity index (χ0) is 11.9. The third kappa shape index (κ3) is 3.94. The molecular weight excluding hydrogens is 230 g/mol. The van der Waals surface area contributed by atoms with Crippen molar-refractivity contribution in [2.75, 3.05) is 6.54 Å². The van der Waals surface area contributed by atoms with E-state index in [4.69, 9.17) is 11.6 Å². The summed E-state index contributed by atoms with van der Waals surface area (Å²) in [4.78, 5) is 4.27. The normalized spacial score (nSPS) is 9.47. The molecule has 0 fully saturated rings. The van der Waals surface area contributed by atoms with Gasteiger partial charge in [0.05, 0.1) is 0 Å². The van der Waals surface area contributed by atoms with Gasteiger partial charge in [-0.05, 0) is 29.8 Å². The molecule has 84 valence electrons. The molecule has 0 saturated carbocycles. The lowest BCUT2D eigenvalue weighted by atomic mass is 10.2. The average Bonchev–Trinajstić information content (AvgIpc) is 2.38. The first-order chi connectivity index (χ1) is 8.34. The van der Waals surface area contributed by atoms with E-state index in [1.165, 1.54) is 5.56 Å². The summed E-state index contributed by atoms with van der Waals surface area (Å²) in [6, 6.07) is 20.8. The maximum absolute atomic E-state index is 5.79. The Labute approximate surface area is 106 Å². The second kappa shape index (κ2) is 6.08. The first-order valence-electron chi connectivity index (χ1n) is 5.56. The van der Waals surface area contributed by atoms with Gasteiger partial charge in [0.15, 0.2) is 0 Å². The van der Waals surface area contributed by atoms with Gasteiger partial charge < -0.3 is 0 Å². The molecule has 2 aromatic carbocycles. The lowest BCUT2D eigenvalue weighted by Crippen LogP contribution is -1.86. The van der Waals surface area contributed by atoms with E-state index in [9.17, 15) is 0 Å². The van der Waals surface area contributed by atoms with Crippen LogP contribution in [0.3, 0.4) is 0 Å². The summed E-state index contributed by atoms with van der Waals surface area (Å²) in [5, 5.41) is 0.736. The monoisotopic (exact) mass is 242 g/mol. The van der Waals surface area contributed by atoms with E-state index in [0.29, 0.717) is 0 Å². The molecule has 0 heterocycles. The summed E-state index contributed by atoms with van der Waals surface area (Å²) in [6.07, 6.45) is 0.946. The number of nitrogens with zero attached hydrogens (tertiary/aromatic N) is 1. The van der Waals surface area contributed by atoms with Gasteiger partial charge in [-0.1, -0.05) is 46.8 Å². The minimum absolute atomic E-state index is 0.736. The van der Waals surface area contributed by atoms with Crippen LogP contribution in [0.5, 0.6) is 0 Å². The highest BCUT2D eigenvalue weighted by molar-refractivity contribution is 6.30. The minimum atomic E-state index is 0.736. The SMILES string of the molecule is Clc1ccc(C#[N+]CCc2ccccc2)cc1. The zero-order valence-electron chi connectivity index (χ0n) is 9.44. The molecule has 2 aromatic rings. The smallest absolute Gasteiger partial charge is 0.0843 e. The molecule has 17 heavy (non-hydrogen) atoms. The van der Waals surface area contributed by atoms with E-state index in [1.54, 1.807) is 0 Å². The quantitative estimate of drug-likeness (QED) is 0.741. The highest BCUT2D eigenvalue weighted by atomic mass is 35.5. The Hall–Kier alpha value is -1.78. The molecule has 0 radical (unpaired) electrons. The molecule has 0 spiro atoms. The van der Waals surface area contributed by atoms with Crippen LogP contribution in [0.4, 0.5) is 0 Å². The van der Waals surface area contributed by atoms with Crippen LogP contribution >= 0.6 is 11.6 Å². The van der Waals surface area contributed by atoms with Gasteiger partial charge in [-0.15, -0.1) is 0 Å². The first kappa shape index (κ1) is 11.7. The van der Waals surface area contributed by atoms with E-state index in [1.807, 2.05) is 42.5 Å². The Morgan fingerprint density at radius 2 is 1.65 bits per heavy atom. The van der Waals surface area contributed by atoms with Gasteiger partial charge in [0.25, 0.3) is 6.54 Å². The van der Waals surface area contributed by atoms with E-state index in [2.05, 4.69) is 23.0 Å². The maximum atomic E-state index is 5.79. The maximum Gasteiger partial charge on any atom is 0.311 e. The van der Waals surface area contributed by atoms with Crippen molar-refractivity contribution in [3.05, 3.63) is 75.6 Å². The summed E-state index contributed by atoms with van der Waals surface area (Å²) in [7, 11) is 0. The Bertz CT molecular complexity index is 520. The fourth-order valence-corrected chi connectivity index (χ4v) is 1.63. The number of hydrogen-bond donors (Lipinski definition) is 0. The van der Waals surface area contributed by atoms with Gasteiger partial charge >= 0.3 is 6.07 Å². The van der Waals surface area contributed by atoms with E-state index in [0.717, 1.165) is 23.6 Å². The second-order valence-electron chi connectivity index (χ2n) is 3.74. The molecule has 0 saturated heterocycles. The average molecular weight is 243 g/mol. The van der Waals surface area contributed by atoms with Crippen LogP contribution < -0.4 is 0 Å². The molecule has 0 bridgehead atoms. The molecule has 0 amide bonds. The van der Waals surface area contributed by atoms with Gasteiger partial charge in [0, 0.05) is 11.4 Å². The van der Waals surface area contributed by atoms with Crippen LogP contribution in [0.25, 0.3) is 4.85 Å². The van der Waals surface area contributed by atoms with Crippen molar-refractivity contribution in [3.63, 3.8) is 0 Å². The molecular formula is C15H13ClN+. The van der Waals surface area contributed by atoms with Crippen molar-refractivity contribution in [2.24, 2.45) is 0 Å². The summed E-state index contributed by atoms with van der Waals surface area (Å²) in [6.45, 7) is 0.757. The van der Waals surface area contributed by atoms with Gasteiger partial charge in [-0.3, -0.25) is 0 Å². The fraction of sp³-hybridized carbons (Fsp3) is 0.133. The van der Waals surface area contributed by atoms with Crippen molar-refractivity contribution in [1.82, 2.24) is 0 Å². The van der Waals surface area contributed by atoms with Crippen molar-refractivity contribution < 1.29 is 0 Å². The summed E-state index contributed by atoms with van der Waals surface area (Å²) < 4.78 is 0. The highest BCUT2D eigenvalue weighted by Gasteiger charge is 1.97. The van der Waals surface area contributed by atoms with Gasteiger partial charge in [0.2, 0.25) is 0 Å². The van der Waals surface area contributed by atoms with Crippen molar-refractivity contribution in [2.45, 2.75) is 6.42 Å². The second-order valence-corrected chi connectivity index (χ2v) is 4.17. The molecule has 0 unspecified atom stereocenters. The molecule has 2 rings (SSSR count). The molecule has 0 aliphatic rings. The zero-order valence-corrected chi connectivity index (χ0v) is 10.2. The molecule has 0 N–H and O–H groups in total. The Morgan fingerprint density at radius 1 is 0.941 bits per heavy atom. The molecule has 1 nitrogen and oxygen atoms in total. The van der Waals surface area contributed by atoms with Gasteiger partial charge in [-0.2, -0.15) is 0 Å². The predicted molar refractivity (Wildman–Crippen MR) is 72.8 cm³/mol. The van der Waals surface area contributed by atoms with Gasteiger partial charge in [-0.25, -0.2) is 0 Å². The lowest BCUT2D eigenvalue weighted by Gasteiger charge is -1.90. The third-order valence-electron chi connectivity index (χ3n) is 2.41. The Morgan fingerprint density at radius 3 is 2.35 bits per heavy atom. The van der Waals surface area contributed by atoms with E-state index >= 15 is 0 Å². The summed E-state index contributed by atoms with van der Waals surface area (Å²) in [5.74, 6) is 0. The molecule has 0 atom stereocenters. The van der Waals surface area contributed by atoms with Crippen LogP contribution in [0, 0.1) is 6.07 Å². The minimum Gasteiger partial charge on any atom is -0.0843 e. The van der Waals surface area contributed by atoms with Crippen LogP contribution in [0.1, 0.15) is 11.1 Å². The highest BCUT2D eigenvalue weighted by Crippen LogP contribution is 2.08. The summed E-state index contributed by atoms with van der Waals surface area (Å²) in [5.41, 5.74) is 2.26. The van der Waals surface area contributed by atoms with Crippen molar-refractivity contribution in [1.29, 1.82) is 0 Å². The number of hydrogen-bond acceptors (Lipinski definition) is 0. The largest absolute Gasteiger partial charge is 0.311 e. The van der Waals surface area contributed by atoms with Crippen LogP contribution in [-0.2, 0) is 6.42 Å². The standard InChI is InChI=1S/C15H13ClN/c16-15-8-6-14(7-9-15)12-17-11-10-13-4-2-1-3-5-13/h1-9H,10-11H2/q+1. The van der Waals surface area contributed by atoms with Crippen molar-refractivity contribution in [3.8, 4) is 6.07 Å². The third-order valence-corrected chi connectivity index (χ3v) is 2.66. The molecule has 0 aromatic heterocycles. The Kier molecular flexibility index (Phi) is 4.18. The lowest BCUT2D eigenvalue weighted by molar-refractivity contribution is 1.08. The first-order valence-corrected chi connectivity index (χ1v) is 5.94. The predicted octanol–water partition coefficient (Wildman–Crippen LogP) is 4.26. The van der Waals surface area contributed by atoms with Crippen LogP contribution in [0.2, 0.25) is 5.02 Å². The molecule has 0 aliphatic carbocycles.